The van der Waals surface area contributed by atoms with E-state index in [0.29, 0.717) is 6.61 Å². The first-order valence-electron chi connectivity index (χ1n) is 8.43. The van der Waals surface area contributed by atoms with Crippen LogP contribution in [-0.2, 0) is 4.74 Å². The van der Waals surface area contributed by atoms with E-state index in [9.17, 15) is 4.79 Å². The summed E-state index contributed by atoms with van der Waals surface area (Å²) in [5.41, 5.74) is 5.59. The van der Waals surface area contributed by atoms with E-state index in [0.717, 1.165) is 5.56 Å². The monoisotopic (exact) mass is 343 g/mol. The summed E-state index contributed by atoms with van der Waals surface area (Å²) in [5.74, 6) is 5.81. The van der Waals surface area contributed by atoms with Gasteiger partial charge < -0.3 is 14.5 Å². The summed E-state index contributed by atoms with van der Waals surface area (Å²) in [5, 5.41) is 2.65. The van der Waals surface area contributed by atoms with Crippen LogP contribution < -0.4 is 5.32 Å². The van der Waals surface area contributed by atoms with Crippen LogP contribution in [0.5, 0.6) is 0 Å². The highest BCUT2D eigenvalue weighted by atomic mass is 16.5. The van der Waals surface area contributed by atoms with Crippen molar-refractivity contribution in [2.75, 3.05) is 13.2 Å². The van der Waals surface area contributed by atoms with Gasteiger partial charge in [-0.05, 0) is 28.3 Å². The number of alkyl carbamates (subject to hydrolysis) is 1. The summed E-state index contributed by atoms with van der Waals surface area (Å²) in [7, 11) is 0. The molecular weight excluding hydrogens is 326 g/mol. The Morgan fingerprint density at radius 2 is 1.73 bits per heavy atom. The van der Waals surface area contributed by atoms with Gasteiger partial charge in [0.25, 0.3) is 0 Å². The standard InChI is InChI=1S/C22H17NO3/c24-22(23-12-5-6-16-11-13-25-14-16)26-15-21-19-9-3-1-7-17(19)18-8-2-4-10-20(18)21/h1-4,7-11,13-14,21H,12,15H2,(H,23,24). The molecule has 0 unspecified atom stereocenters. The Kier molecular flexibility index (Phi) is 4.44. The Bertz CT molecular complexity index is 934. The Morgan fingerprint density at radius 1 is 1.04 bits per heavy atom. The summed E-state index contributed by atoms with van der Waals surface area (Å²) >= 11 is 0. The quantitative estimate of drug-likeness (QED) is 0.726. The van der Waals surface area contributed by atoms with Crippen molar-refractivity contribution in [3.8, 4) is 23.0 Å². The largest absolute Gasteiger partial charge is 0.471 e. The molecule has 0 aliphatic heterocycles. The van der Waals surface area contributed by atoms with Crippen LogP contribution in [0.25, 0.3) is 11.1 Å². The van der Waals surface area contributed by atoms with Gasteiger partial charge in [-0.1, -0.05) is 60.4 Å². The molecule has 0 saturated heterocycles. The second-order valence-corrected chi connectivity index (χ2v) is 5.99. The molecule has 4 nitrogen and oxygen atoms in total. The van der Waals surface area contributed by atoms with Crippen LogP contribution in [-0.4, -0.2) is 19.2 Å². The van der Waals surface area contributed by atoms with E-state index < -0.39 is 6.09 Å². The molecule has 1 amide bonds. The van der Waals surface area contributed by atoms with Crippen molar-refractivity contribution in [1.82, 2.24) is 5.32 Å². The minimum Gasteiger partial charge on any atom is -0.471 e. The van der Waals surface area contributed by atoms with Crippen molar-refractivity contribution in [2.24, 2.45) is 0 Å². The van der Waals surface area contributed by atoms with Gasteiger partial charge in [0.2, 0.25) is 0 Å². The lowest BCUT2D eigenvalue weighted by Gasteiger charge is -2.14. The smallest absolute Gasteiger partial charge is 0.407 e. The van der Waals surface area contributed by atoms with Gasteiger partial charge in [0, 0.05) is 5.92 Å². The van der Waals surface area contributed by atoms with E-state index >= 15 is 0 Å². The van der Waals surface area contributed by atoms with Crippen LogP contribution in [0.2, 0.25) is 0 Å². The Labute approximate surface area is 151 Å². The van der Waals surface area contributed by atoms with Crippen molar-refractivity contribution < 1.29 is 13.9 Å². The molecule has 1 aliphatic carbocycles. The molecule has 4 heteroatoms. The van der Waals surface area contributed by atoms with Gasteiger partial charge in [0.05, 0.1) is 18.4 Å². The fraction of sp³-hybridized carbons (Fsp3) is 0.136. The number of hydrogen-bond donors (Lipinski definition) is 1. The van der Waals surface area contributed by atoms with Crippen molar-refractivity contribution in [2.45, 2.75) is 5.92 Å². The maximum Gasteiger partial charge on any atom is 0.407 e. The molecule has 26 heavy (non-hydrogen) atoms. The molecule has 0 atom stereocenters. The highest BCUT2D eigenvalue weighted by Crippen LogP contribution is 2.44. The topological polar surface area (TPSA) is 51.5 Å². The average Bonchev–Trinajstić information content (AvgIpc) is 3.30. The molecule has 0 spiro atoms. The number of carbonyl (C=O) groups excluding carboxylic acids is 1. The molecule has 1 aromatic heterocycles. The fourth-order valence-corrected chi connectivity index (χ4v) is 3.25. The Morgan fingerprint density at radius 3 is 2.38 bits per heavy atom. The first-order valence-corrected chi connectivity index (χ1v) is 8.43. The fourth-order valence-electron chi connectivity index (χ4n) is 3.25. The molecule has 1 aliphatic rings. The number of carbonyl (C=O) groups is 1. The molecule has 0 saturated carbocycles. The summed E-state index contributed by atoms with van der Waals surface area (Å²) in [6.45, 7) is 0.525. The van der Waals surface area contributed by atoms with Crippen LogP contribution in [0.1, 0.15) is 22.6 Å². The van der Waals surface area contributed by atoms with Crippen molar-refractivity contribution in [3.05, 3.63) is 83.8 Å². The van der Waals surface area contributed by atoms with Gasteiger partial charge in [0.1, 0.15) is 12.9 Å². The molecule has 0 bridgehead atoms. The van der Waals surface area contributed by atoms with Gasteiger partial charge in [-0.2, -0.15) is 0 Å². The number of hydrogen-bond acceptors (Lipinski definition) is 3. The number of nitrogens with one attached hydrogen (secondary N) is 1. The van der Waals surface area contributed by atoms with Gasteiger partial charge in [-0.25, -0.2) is 4.79 Å². The molecule has 128 valence electrons. The van der Waals surface area contributed by atoms with E-state index in [2.05, 4.69) is 41.4 Å². The van der Waals surface area contributed by atoms with Crippen molar-refractivity contribution >= 4 is 6.09 Å². The third-order valence-electron chi connectivity index (χ3n) is 4.42. The van der Waals surface area contributed by atoms with Gasteiger partial charge in [-0.3, -0.25) is 0 Å². The highest BCUT2D eigenvalue weighted by Gasteiger charge is 2.28. The lowest BCUT2D eigenvalue weighted by molar-refractivity contribution is 0.144. The minimum absolute atomic E-state index is 0.0603. The van der Waals surface area contributed by atoms with Crippen LogP contribution in [0.4, 0.5) is 4.79 Å². The van der Waals surface area contributed by atoms with Crippen LogP contribution in [0, 0.1) is 11.8 Å². The Hall–Kier alpha value is -3.45. The molecular formula is C22H17NO3. The van der Waals surface area contributed by atoms with Crippen molar-refractivity contribution in [1.29, 1.82) is 0 Å². The van der Waals surface area contributed by atoms with Crippen LogP contribution in [0.15, 0.2) is 71.5 Å². The second-order valence-electron chi connectivity index (χ2n) is 5.99. The summed E-state index contributed by atoms with van der Waals surface area (Å²) < 4.78 is 10.4. The molecule has 0 fully saturated rings. The first kappa shape index (κ1) is 16.0. The van der Waals surface area contributed by atoms with E-state index in [-0.39, 0.29) is 12.5 Å². The normalized spacial score (nSPS) is 11.8. The van der Waals surface area contributed by atoms with Crippen LogP contribution >= 0.6 is 0 Å². The number of fused-ring (bicyclic) bond motifs is 3. The number of benzene rings is 2. The van der Waals surface area contributed by atoms with E-state index in [4.69, 9.17) is 9.15 Å². The van der Waals surface area contributed by atoms with E-state index in [1.165, 1.54) is 22.3 Å². The van der Waals surface area contributed by atoms with Gasteiger partial charge in [0.15, 0.2) is 0 Å². The third-order valence-corrected chi connectivity index (χ3v) is 4.42. The molecule has 2 aromatic carbocycles. The SMILES string of the molecule is O=C(NCC#Cc1ccoc1)OCC1c2ccccc2-c2ccccc21. The lowest BCUT2D eigenvalue weighted by Crippen LogP contribution is -2.26. The number of furan rings is 1. The zero-order chi connectivity index (χ0) is 17.8. The van der Waals surface area contributed by atoms with Crippen molar-refractivity contribution in [3.63, 3.8) is 0 Å². The van der Waals surface area contributed by atoms with Crippen LogP contribution in [0.3, 0.4) is 0 Å². The average molecular weight is 343 g/mol. The summed E-state index contributed by atoms with van der Waals surface area (Å²) in [4.78, 5) is 12.0. The third kappa shape index (κ3) is 3.20. The number of rotatable bonds is 3. The zero-order valence-electron chi connectivity index (χ0n) is 14.1. The van der Waals surface area contributed by atoms with E-state index in [1.807, 2.05) is 24.3 Å². The van der Waals surface area contributed by atoms with E-state index in [1.54, 1.807) is 18.6 Å². The molecule has 0 radical (unpaired) electrons. The molecule has 1 heterocycles. The minimum atomic E-state index is -0.464. The number of amides is 1. The molecule has 3 aromatic rings. The summed E-state index contributed by atoms with van der Waals surface area (Å²) in [6.07, 6.45) is 2.65. The molecule has 4 rings (SSSR count). The maximum atomic E-state index is 12.0. The predicted molar refractivity (Wildman–Crippen MR) is 98.7 cm³/mol. The zero-order valence-corrected chi connectivity index (χ0v) is 14.1. The lowest BCUT2D eigenvalue weighted by atomic mass is 9.98. The van der Waals surface area contributed by atoms with Gasteiger partial charge in [-0.15, -0.1) is 0 Å². The van der Waals surface area contributed by atoms with Gasteiger partial charge >= 0.3 is 6.09 Å². The highest BCUT2D eigenvalue weighted by molar-refractivity contribution is 5.79. The summed E-state index contributed by atoms with van der Waals surface area (Å²) in [6, 6.07) is 18.3. The second kappa shape index (κ2) is 7.20. The maximum absolute atomic E-state index is 12.0. The Balaban J connectivity index is 1.38. The molecule has 1 N–H and O–H groups in total. The predicted octanol–water partition coefficient (Wildman–Crippen LogP) is 4.17. The first-order chi connectivity index (χ1) is 12.8. The number of ether oxygens (including phenoxy) is 1.